The molecule has 6 heteroatoms. The molecule has 128 valence electrons. The van der Waals surface area contributed by atoms with Crippen molar-refractivity contribution < 1.29 is 19.0 Å². The fourth-order valence-corrected chi connectivity index (χ4v) is 2.14. The highest BCUT2D eigenvalue weighted by Gasteiger charge is 2.11. The largest absolute Gasteiger partial charge is 0.497 e. The van der Waals surface area contributed by atoms with E-state index in [0.717, 1.165) is 6.42 Å². The smallest absolute Gasteiger partial charge is 0.338 e. The maximum Gasteiger partial charge on any atom is 0.338 e. The van der Waals surface area contributed by atoms with Gasteiger partial charge in [0.05, 0.1) is 43.5 Å². The fraction of sp³-hybridized carbons (Fsp3) is 0.278. The summed E-state index contributed by atoms with van der Waals surface area (Å²) >= 11 is 0. The highest BCUT2D eigenvalue weighted by molar-refractivity contribution is 5.92. The number of carbonyl (C=O) groups excluding carboxylic acids is 1. The first-order valence-electron chi connectivity index (χ1n) is 7.64. The molecule has 0 aliphatic rings. The van der Waals surface area contributed by atoms with Gasteiger partial charge < -0.3 is 25.3 Å². The monoisotopic (exact) mass is 330 g/mol. The van der Waals surface area contributed by atoms with Gasteiger partial charge in [0.25, 0.3) is 0 Å². The molecule has 24 heavy (non-hydrogen) atoms. The van der Waals surface area contributed by atoms with E-state index in [-0.39, 0.29) is 5.97 Å². The van der Waals surface area contributed by atoms with E-state index in [1.165, 1.54) is 0 Å². The summed E-state index contributed by atoms with van der Waals surface area (Å²) in [7, 11) is 3.18. The SMILES string of the molecule is CCCOC(=O)c1ccc(Nc2cc(OC)ccc2OC)c(N)c1. The van der Waals surface area contributed by atoms with E-state index in [2.05, 4.69) is 5.32 Å². The number of benzene rings is 2. The normalized spacial score (nSPS) is 10.1. The molecule has 0 fully saturated rings. The molecule has 0 radical (unpaired) electrons. The molecule has 0 aliphatic carbocycles. The summed E-state index contributed by atoms with van der Waals surface area (Å²) in [6.45, 7) is 2.33. The Morgan fingerprint density at radius 2 is 1.88 bits per heavy atom. The molecule has 0 heterocycles. The fourth-order valence-electron chi connectivity index (χ4n) is 2.14. The minimum atomic E-state index is -0.380. The second-order valence-corrected chi connectivity index (χ2v) is 5.13. The number of nitrogens with one attached hydrogen (secondary N) is 1. The summed E-state index contributed by atoms with van der Waals surface area (Å²) in [4.78, 5) is 11.9. The van der Waals surface area contributed by atoms with Crippen LogP contribution in [0.15, 0.2) is 36.4 Å². The molecule has 2 aromatic carbocycles. The number of rotatable bonds is 7. The van der Waals surface area contributed by atoms with E-state index in [1.54, 1.807) is 44.6 Å². The van der Waals surface area contributed by atoms with Crippen LogP contribution in [0.2, 0.25) is 0 Å². The number of methoxy groups -OCH3 is 2. The highest BCUT2D eigenvalue weighted by atomic mass is 16.5. The van der Waals surface area contributed by atoms with Gasteiger partial charge in [-0.1, -0.05) is 6.92 Å². The average Bonchev–Trinajstić information content (AvgIpc) is 2.61. The molecule has 0 spiro atoms. The third kappa shape index (κ3) is 4.10. The molecule has 0 saturated heterocycles. The van der Waals surface area contributed by atoms with E-state index in [4.69, 9.17) is 19.9 Å². The molecule has 0 bridgehead atoms. The van der Waals surface area contributed by atoms with Crippen molar-refractivity contribution in [2.75, 3.05) is 31.9 Å². The zero-order valence-corrected chi connectivity index (χ0v) is 14.1. The van der Waals surface area contributed by atoms with Crippen LogP contribution >= 0.6 is 0 Å². The number of hydrogen-bond donors (Lipinski definition) is 2. The lowest BCUT2D eigenvalue weighted by Crippen LogP contribution is -2.07. The Morgan fingerprint density at radius 1 is 1.08 bits per heavy atom. The first-order chi connectivity index (χ1) is 11.6. The summed E-state index contributed by atoms with van der Waals surface area (Å²) in [5.74, 6) is 0.965. The van der Waals surface area contributed by atoms with Crippen molar-refractivity contribution >= 4 is 23.0 Å². The molecular weight excluding hydrogens is 308 g/mol. The molecule has 2 aromatic rings. The minimum Gasteiger partial charge on any atom is -0.497 e. The summed E-state index contributed by atoms with van der Waals surface area (Å²) < 4.78 is 15.7. The second-order valence-electron chi connectivity index (χ2n) is 5.13. The van der Waals surface area contributed by atoms with Gasteiger partial charge in [0.15, 0.2) is 0 Å². The van der Waals surface area contributed by atoms with E-state index in [9.17, 15) is 4.79 Å². The first kappa shape index (κ1) is 17.5. The third-order valence-corrected chi connectivity index (χ3v) is 3.40. The summed E-state index contributed by atoms with van der Waals surface area (Å²) in [6.07, 6.45) is 0.774. The van der Waals surface area contributed by atoms with Crippen LogP contribution in [0.4, 0.5) is 17.1 Å². The van der Waals surface area contributed by atoms with Crippen LogP contribution in [0.25, 0.3) is 0 Å². The van der Waals surface area contributed by atoms with Crippen LogP contribution in [0.1, 0.15) is 23.7 Å². The molecule has 0 aromatic heterocycles. The van der Waals surface area contributed by atoms with Crippen LogP contribution in [0, 0.1) is 0 Å². The van der Waals surface area contributed by atoms with E-state index in [1.807, 2.05) is 13.0 Å². The standard InChI is InChI=1S/C18H22N2O4/c1-4-9-24-18(21)12-5-7-15(14(19)10-12)20-16-11-13(22-2)6-8-17(16)23-3/h5-8,10-11,20H,4,9,19H2,1-3H3. The molecule has 0 amide bonds. The predicted molar refractivity (Wildman–Crippen MR) is 94.3 cm³/mol. The summed E-state index contributed by atoms with van der Waals surface area (Å²) in [5, 5.41) is 3.19. The Labute approximate surface area is 141 Å². The first-order valence-corrected chi connectivity index (χ1v) is 7.64. The van der Waals surface area contributed by atoms with Crippen molar-refractivity contribution in [1.82, 2.24) is 0 Å². The number of hydrogen-bond acceptors (Lipinski definition) is 6. The zero-order valence-electron chi connectivity index (χ0n) is 14.1. The van der Waals surface area contributed by atoms with Crippen molar-refractivity contribution in [3.05, 3.63) is 42.0 Å². The summed E-state index contributed by atoms with van der Waals surface area (Å²) in [5.41, 5.74) is 8.29. The van der Waals surface area contributed by atoms with E-state index < -0.39 is 0 Å². The van der Waals surface area contributed by atoms with Crippen molar-refractivity contribution in [2.45, 2.75) is 13.3 Å². The Balaban J connectivity index is 2.23. The summed E-state index contributed by atoms with van der Waals surface area (Å²) in [6, 6.07) is 10.4. The Morgan fingerprint density at radius 3 is 2.50 bits per heavy atom. The molecule has 0 saturated carbocycles. The van der Waals surface area contributed by atoms with Crippen LogP contribution in [0.5, 0.6) is 11.5 Å². The Bertz CT molecular complexity index is 716. The van der Waals surface area contributed by atoms with Crippen LogP contribution in [-0.2, 0) is 4.74 Å². The van der Waals surface area contributed by atoms with Crippen molar-refractivity contribution in [2.24, 2.45) is 0 Å². The molecule has 0 unspecified atom stereocenters. The second kappa shape index (κ2) is 8.10. The highest BCUT2D eigenvalue weighted by Crippen LogP contribution is 2.33. The lowest BCUT2D eigenvalue weighted by molar-refractivity contribution is 0.0505. The van der Waals surface area contributed by atoms with Crippen LogP contribution in [-0.4, -0.2) is 26.8 Å². The number of carbonyl (C=O) groups is 1. The van der Waals surface area contributed by atoms with E-state index >= 15 is 0 Å². The van der Waals surface area contributed by atoms with Gasteiger partial charge in [-0.3, -0.25) is 0 Å². The molecule has 0 aliphatic heterocycles. The van der Waals surface area contributed by atoms with Crippen molar-refractivity contribution in [3.63, 3.8) is 0 Å². The number of ether oxygens (including phenoxy) is 3. The van der Waals surface area contributed by atoms with Gasteiger partial charge in [0.2, 0.25) is 0 Å². The van der Waals surface area contributed by atoms with Gasteiger partial charge in [-0.15, -0.1) is 0 Å². The van der Waals surface area contributed by atoms with Crippen molar-refractivity contribution in [3.8, 4) is 11.5 Å². The number of nitrogens with two attached hydrogens (primary N) is 1. The minimum absolute atomic E-state index is 0.380. The topological polar surface area (TPSA) is 82.8 Å². The predicted octanol–water partition coefficient (Wildman–Crippen LogP) is 3.60. The van der Waals surface area contributed by atoms with Gasteiger partial charge in [-0.05, 0) is 36.8 Å². The molecular formula is C18H22N2O4. The van der Waals surface area contributed by atoms with Gasteiger partial charge in [0.1, 0.15) is 11.5 Å². The number of esters is 1. The average molecular weight is 330 g/mol. The van der Waals surface area contributed by atoms with Gasteiger partial charge in [0, 0.05) is 6.07 Å². The Kier molecular flexibility index (Phi) is 5.89. The maximum absolute atomic E-state index is 11.9. The molecule has 3 N–H and O–H groups in total. The lowest BCUT2D eigenvalue weighted by Gasteiger charge is -2.14. The molecule has 0 atom stereocenters. The lowest BCUT2D eigenvalue weighted by atomic mass is 10.1. The van der Waals surface area contributed by atoms with Gasteiger partial charge in [-0.2, -0.15) is 0 Å². The maximum atomic E-state index is 11.9. The quantitative estimate of drug-likeness (QED) is 0.596. The third-order valence-electron chi connectivity index (χ3n) is 3.40. The zero-order chi connectivity index (χ0) is 17.5. The van der Waals surface area contributed by atoms with Crippen molar-refractivity contribution in [1.29, 1.82) is 0 Å². The van der Waals surface area contributed by atoms with E-state index in [0.29, 0.717) is 40.7 Å². The Hall–Kier alpha value is -2.89. The van der Waals surface area contributed by atoms with Crippen LogP contribution < -0.4 is 20.5 Å². The number of anilines is 3. The number of nitrogen functional groups attached to an aromatic ring is 1. The molecule has 2 rings (SSSR count). The molecule has 6 nitrogen and oxygen atoms in total. The van der Waals surface area contributed by atoms with Gasteiger partial charge >= 0.3 is 5.97 Å². The van der Waals surface area contributed by atoms with Gasteiger partial charge in [-0.25, -0.2) is 4.79 Å². The van der Waals surface area contributed by atoms with Crippen LogP contribution in [0.3, 0.4) is 0 Å².